The highest BCUT2D eigenvalue weighted by molar-refractivity contribution is 6.11. The number of aromatic nitrogens is 2. The summed E-state index contributed by atoms with van der Waals surface area (Å²) in [4.78, 5) is 0. The molecule has 7 aromatic carbocycles. The molecule has 8 heteroatoms. The standard InChI is InChI=1S/C49H22N8/c50-22-28-1-7-37-39(13-28)40-14-29(23-51)2-8-38(40)49(37)34-19-35(56-45-9-3-30(24-52)15-41(45)42-16-31(25-53)4-10-46(42)56)21-36(20-34)57-47-11-5-32(26-54)17-43(47)44-18-33(27-55)6-12-48(44)57/h1-21,49H. The van der Waals surface area contributed by atoms with E-state index in [0.717, 1.165) is 82.8 Å². The first-order valence-corrected chi connectivity index (χ1v) is 18.0. The smallest absolute Gasteiger partial charge is 0.0991 e. The molecule has 0 fully saturated rings. The zero-order valence-electron chi connectivity index (χ0n) is 29.8. The van der Waals surface area contributed by atoms with Crippen LogP contribution in [0.1, 0.15) is 56.0 Å². The topological polar surface area (TPSA) is 153 Å². The molecule has 2 aromatic heterocycles. The lowest BCUT2D eigenvalue weighted by Gasteiger charge is -2.20. The molecule has 2 heterocycles. The Balaban J connectivity index is 1.34. The fourth-order valence-corrected chi connectivity index (χ4v) is 8.67. The van der Waals surface area contributed by atoms with Crippen molar-refractivity contribution in [1.82, 2.24) is 9.13 Å². The van der Waals surface area contributed by atoms with Crippen molar-refractivity contribution in [1.29, 1.82) is 31.6 Å². The molecule has 1 aliphatic carbocycles. The van der Waals surface area contributed by atoms with Gasteiger partial charge >= 0.3 is 0 Å². The maximum atomic E-state index is 9.88. The van der Waals surface area contributed by atoms with E-state index in [4.69, 9.17) is 0 Å². The number of nitrogens with zero attached hydrogens (tertiary/aromatic N) is 8. The Kier molecular flexibility index (Phi) is 7.07. The third-order valence-electron chi connectivity index (χ3n) is 11.1. The van der Waals surface area contributed by atoms with E-state index in [9.17, 15) is 31.6 Å². The van der Waals surface area contributed by atoms with E-state index in [0.29, 0.717) is 33.4 Å². The van der Waals surface area contributed by atoms with Crippen LogP contribution < -0.4 is 0 Å². The Morgan fingerprint density at radius 1 is 0.333 bits per heavy atom. The van der Waals surface area contributed by atoms with Crippen molar-refractivity contribution < 1.29 is 0 Å². The second-order valence-electron chi connectivity index (χ2n) is 14.1. The van der Waals surface area contributed by atoms with Crippen LogP contribution in [0.2, 0.25) is 0 Å². The highest BCUT2D eigenvalue weighted by atomic mass is 15.0. The minimum atomic E-state index is -0.277. The van der Waals surface area contributed by atoms with E-state index < -0.39 is 0 Å². The van der Waals surface area contributed by atoms with Crippen LogP contribution in [-0.4, -0.2) is 9.13 Å². The van der Waals surface area contributed by atoms with Crippen molar-refractivity contribution in [3.63, 3.8) is 0 Å². The van der Waals surface area contributed by atoms with Gasteiger partial charge in [-0.25, -0.2) is 0 Å². The second kappa shape index (κ2) is 12.3. The van der Waals surface area contributed by atoms with Gasteiger partial charge in [0.15, 0.2) is 0 Å². The van der Waals surface area contributed by atoms with Crippen molar-refractivity contribution in [2.75, 3.05) is 0 Å². The molecule has 10 rings (SSSR count). The second-order valence-corrected chi connectivity index (χ2v) is 14.1. The van der Waals surface area contributed by atoms with E-state index in [2.05, 4.69) is 63.7 Å². The normalized spacial score (nSPS) is 11.7. The minimum Gasteiger partial charge on any atom is -0.309 e. The number of fused-ring (bicyclic) bond motifs is 9. The van der Waals surface area contributed by atoms with E-state index in [1.54, 1.807) is 24.3 Å². The maximum Gasteiger partial charge on any atom is 0.0991 e. The van der Waals surface area contributed by atoms with Gasteiger partial charge in [0.2, 0.25) is 0 Å². The van der Waals surface area contributed by atoms with Gasteiger partial charge in [-0.05, 0) is 143 Å². The Labute approximate surface area is 325 Å². The number of benzene rings is 7. The Bertz CT molecular complexity index is 3180. The van der Waals surface area contributed by atoms with Gasteiger partial charge in [-0.2, -0.15) is 31.6 Å². The molecule has 0 amide bonds. The van der Waals surface area contributed by atoms with Gasteiger partial charge in [0, 0.05) is 38.8 Å². The van der Waals surface area contributed by atoms with Crippen LogP contribution in [0.25, 0.3) is 66.1 Å². The summed E-state index contributed by atoms with van der Waals surface area (Å²) in [5.41, 5.74) is 12.9. The number of hydrogen-bond acceptors (Lipinski definition) is 6. The molecule has 0 N–H and O–H groups in total. The van der Waals surface area contributed by atoms with Gasteiger partial charge in [0.25, 0.3) is 0 Å². The minimum absolute atomic E-state index is 0.277. The van der Waals surface area contributed by atoms with Gasteiger partial charge in [-0.3, -0.25) is 0 Å². The van der Waals surface area contributed by atoms with Crippen molar-refractivity contribution >= 4 is 43.6 Å². The highest BCUT2D eigenvalue weighted by Crippen LogP contribution is 2.50. The molecule has 0 bridgehead atoms. The van der Waals surface area contributed by atoms with Crippen LogP contribution in [0.15, 0.2) is 127 Å². The first kappa shape index (κ1) is 32.7. The fraction of sp³-hybridized carbons (Fsp3) is 0.0204. The van der Waals surface area contributed by atoms with Crippen molar-refractivity contribution in [2.45, 2.75) is 5.92 Å². The molecule has 0 saturated carbocycles. The number of hydrogen-bond donors (Lipinski definition) is 0. The molecule has 8 nitrogen and oxygen atoms in total. The average Bonchev–Trinajstić information content (AvgIpc) is 3.89. The van der Waals surface area contributed by atoms with Crippen LogP contribution in [0, 0.1) is 68.0 Å². The SMILES string of the molecule is N#Cc1ccc2c(c1)-c1cc(C#N)ccc1C2c1cc(-n2c3ccc(C#N)cc3c3cc(C#N)ccc32)cc(-n2c3ccc(C#N)cc3c3cc(C#N)ccc32)c1. The van der Waals surface area contributed by atoms with Gasteiger partial charge in [-0.1, -0.05) is 12.1 Å². The Morgan fingerprint density at radius 2 is 0.632 bits per heavy atom. The summed E-state index contributed by atoms with van der Waals surface area (Å²) in [5, 5.41) is 62.6. The van der Waals surface area contributed by atoms with Crippen LogP contribution >= 0.6 is 0 Å². The quantitative estimate of drug-likeness (QED) is 0.177. The van der Waals surface area contributed by atoms with Gasteiger partial charge in [-0.15, -0.1) is 0 Å². The lowest BCUT2D eigenvalue weighted by molar-refractivity contribution is 0.996. The summed E-state index contributed by atoms with van der Waals surface area (Å²) in [6, 6.07) is 53.8. The summed E-state index contributed by atoms with van der Waals surface area (Å²) in [6.07, 6.45) is 0. The summed E-state index contributed by atoms with van der Waals surface area (Å²) < 4.78 is 4.31. The molecule has 0 radical (unpaired) electrons. The lowest BCUT2D eigenvalue weighted by Crippen LogP contribution is -2.05. The largest absolute Gasteiger partial charge is 0.309 e. The Hall–Kier alpha value is -8.92. The van der Waals surface area contributed by atoms with Gasteiger partial charge < -0.3 is 9.13 Å². The summed E-state index contributed by atoms with van der Waals surface area (Å²) in [7, 11) is 0. The first-order valence-electron chi connectivity index (χ1n) is 18.0. The van der Waals surface area contributed by atoms with Crippen molar-refractivity contribution in [2.24, 2.45) is 0 Å². The molecule has 9 aromatic rings. The van der Waals surface area contributed by atoms with Crippen LogP contribution in [0.5, 0.6) is 0 Å². The van der Waals surface area contributed by atoms with Crippen molar-refractivity contribution in [3.05, 3.63) is 177 Å². The number of nitriles is 6. The zero-order valence-corrected chi connectivity index (χ0v) is 29.8. The van der Waals surface area contributed by atoms with E-state index in [1.807, 2.05) is 84.9 Å². The molecule has 57 heavy (non-hydrogen) atoms. The van der Waals surface area contributed by atoms with Crippen molar-refractivity contribution in [3.8, 4) is 58.9 Å². The number of rotatable bonds is 3. The van der Waals surface area contributed by atoms with Crippen LogP contribution in [-0.2, 0) is 0 Å². The Morgan fingerprint density at radius 3 is 0.947 bits per heavy atom. The van der Waals surface area contributed by atoms with Crippen LogP contribution in [0.4, 0.5) is 0 Å². The van der Waals surface area contributed by atoms with E-state index >= 15 is 0 Å². The lowest BCUT2D eigenvalue weighted by atomic mass is 9.88. The molecule has 0 saturated heterocycles. The van der Waals surface area contributed by atoms with Gasteiger partial charge in [0.1, 0.15) is 0 Å². The third kappa shape index (κ3) is 4.81. The summed E-state index contributed by atoms with van der Waals surface area (Å²) >= 11 is 0. The molecule has 0 atom stereocenters. The summed E-state index contributed by atoms with van der Waals surface area (Å²) in [6.45, 7) is 0. The van der Waals surface area contributed by atoms with E-state index in [1.165, 1.54) is 0 Å². The predicted octanol–water partition coefficient (Wildman–Crippen LogP) is 10.3. The molecule has 0 spiro atoms. The molecule has 258 valence electrons. The average molecular weight is 723 g/mol. The highest BCUT2D eigenvalue weighted by Gasteiger charge is 2.32. The molecular formula is C49H22N8. The molecule has 0 unspecified atom stereocenters. The van der Waals surface area contributed by atoms with Gasteiger partial charge in [0.05, 0.1) is 91.9 Å². The summed E-state index contributed by atoms with van der Waals surface area (Å²) in [5.74, 6) is -0.277. The first-order chi connectivity index (χ1) is 27.9. The monoisotopic (exact) mass is 722 g/mol. The maximum absolute atomic E-state index is 9.88. The molecular weight excluding hydrogens is 701 g/mol. The molecule has 0 aliphatic heterocycles. The fourth-order valence-electron chi connectivity index (χ4n) is 8.67. The van der Waals surface area contributed by atoms with Crippen LogP contribution in [0.3, 0.4) is 0 Å². The van der Waals surface area contributed by atoms with E-state index in [-0.39, 0.29) is 5.92 Å². The zero-order chi connectivity index (χ0) is 38.9. The predicted molar refractivity (Wildman–Crippen MR) is 216 cm³/mol. The third-order valence-corrected chi connectivity index (χ3v) is 11.1. The molecule has 1 aliphatic rings.